The van der Waals surface area contributed by atoms with Gasteiger partial charge in [-0.1, -0.05) is 25.4 Å². The third-order valence-electron chi connectivity index (χ3n) is 3.04. The van der Waals surface area contributed by atoms with Gasteiger partial charge in [-0.2, -0.15) is 5.10 Å². The molecule has 0 aliphatic rings. The van der Waals surface area contributed by atoms with Crippen molar-refractivity contribution >= 4 is 17.4 Å². The van der Waals surface area contributed by atoms with Crippen molar-refractivity contribution in [3.63, 3.8) is 0 Å². The van der Waals surface area contributed by atoms with Gasteiger partial charge in [-0.3, -0.25) is 5.41 Å². The second kappa shape index (κ2) is 5.45. The van der Waals surface area contributed by atoms with E-state index < -0.39 is 0 Å². The molecule has 1 heterocycles. The van der Waals surface area contributed by atoms with Gasteiger partial charge in [-0.15, -0.1) is 0 Å². The van der Waals surface area contributed by atoms with Crippen molar-refractivity contribution in [2.45, 2.75) is 26.7 Å². The van der Waals surface area contributed by atoms with Gasteiger partial charge < -0.3 is 5.73 Å². The summed E-state index contributed by atoms with van der Waals surface area (Å²) in [6, 6.07) is 7.42. The molecule has 1 aromatic carbocycles. The van der Waals surface area contributed by atoms with Crippen molar-refractivity contribution in [2.24, 2.45) is 5.73 Å². The van der Waals surface area contributed by atoms with E-state index in [-0.39, 0.29) is 5.84 Å². The number of aryl methyl sites for hydroxylation is 2. The number of nitrogen functional groups attached to an aromatic ring is 1. The summed E-state index contributed by atoms with van der Waals surface area (Å²) < 4.78 is 1.85. The molecule has 0 spiro atoms. The highest BCUT2D eigenvalue weighted by Crippen LogP contribution is 2.21. The number of rotatable bonds is 4. The molecule has 0 radical (unpaired) electrons. The lowest BCUT2D eigenvalue weighted by molar-refractivity contribution is 0.792. The van der Waals surface area contributed by atoms with Gasteiger partial charge in [-0.05, 0) is 37.1 Å². The van der Waals surface area contributed by atoms with Crippen molar-refractivity contribution < 1.29 is 0 Å². The highest BCUT2D eigenvalue weighted by atomic mass is 35.5. The van der Waals surface area contributed by atoms with E-state index in [4.69, 9.17) is 22.7 Å². The topological polar surface area (TPSA) is 67.7 Å². The fourth-order valence-corrected chi connectivity index (χ4v) is 2.19. The molecule has 1 aromatic heterocycles. The maximum atomic E-state index is 7.68. The van der Waals surface area contributed by atoms with E-state index in [0.29, 0.717) is 10.6 Å². The van der Waals surface area contributed by atoms with E-state index in [1.807, 2.05) is 10.7 Å². The molecule has 2 rings (SSSR count). The smallest absolute Gasteiger partial charge is 0.125 e. The van der Waals surface area contributed by atoms with E-state index in [9.17, 15) is 0 Å². The first-order valence-electron chi connectivity index (χ1n) is 6.29. The highest BCUT2D eigenvalue weighted by Gasteiger charge is 2.13. The Balaban J connectivity index is 2.64. The summed E-state index contributed by atoms with van der Waals surface area (Å²) in [5.74, 6) is -0.00639. The van der Waals surface area contributed by atoms with E-state index in [1.54, 1.807) is 12.1 Å². The van der Waals surface area contributed by atoms with Crippen LogP contribution >= 0.6 is 11.6 Å². The zero-order valence-corrected chi connectivity index (χ0v) is 11.8. The monoisotopic (exact) mass is 276 g/mol. The average Bonchev–Trinajstić information content (AvgIpc) is 2.81. The first-order valence-corrected chi connectivity index (χ1v) is 6.66. The Kier molecular flexibility index (Phi) is 3.90. The van der Waals surface area contributed by atoms with Crippen LogP contribution in [-0.2, 0) is 12.8 Å². The number of halogens is 1. The molecule has 0 bridgehead atoms. The quantitative estimate of drug-likeness (QED) is 0.666. The van der Waals surface area contributed by atoms with E-state index in [1.165, 1.54) is 0 Å². The molecular weight excluding hydrogens is 260 g/mol. The summed E-state index contributed by atoms with van der Waals surface area (Å²) in [5.41, 5.74) is 9.17. The minimum absolute atomic E-state index is 0.00639. The van der Waals surface area contributed by atoms with Crippen LogP contribution in [-0.4, -0.2) is 15.6 Å². The first kappa shape index (κ1) is 13.6. The van der Waals surface area contributed by atoms with Gasteiger partial charge in [0.1, 0.15) is 5.84 Å². The highest BCUT2D eigenvalue weighted by molar-refractivity contribution is 6.31. The Morgan fingerprint density at radius 1 is 1.32 bits per heavy atom. The van der Waals surface area contributed by atoms with E-state index in [0.717, 1.165) is 29.9 Å². The molecule has 0 amide bonds. The van der Waals surface area contributed by atoms with Gasteiger partial charge in [0.2, 0.25) is 0 Å². The first-order chi connectivity index (χ1) is 9.06. The second-order valence-electron chi connectivity index (χ2n) is 4.32. The number of nitrogens with two attached hydrogens (primary N) is 1. The van der Waals surface area contributed by atoms with Crippen LogP contribution in [0, 0.1) is 5.41 Å². The summed E-state index contributed by atoms with van der Waals surface area (Å²) >= 11 is 5.97. The number of nitrogens with zero attached hydrogens (tertiary/aromatic N) is 2. The van der Waals surface area contributed by atoms with Gasteiger partial charge in [0.15, 0.2) is 0 Å². The maximum absolute atomic E-state index is 7.68. The molecule has 0 aliphatic heterocycles. The van der Waals surface area contributed by atoms with Gasteiger partial charge in [0.25, 0.3) is 0 Å². The molecule has 4 nitrogen and oxygen atoms in total. The Labute approximate surface area is 117 Å². The molecule has 0 atom stereocenters. The maximum Gasteiger partial charge on any atom is 0.125 e. The van der Waals surface area contributed by atoms with Crippen molar-refractivity contribution in [3.05, 3.63) is 46.2 Å². The SMILES string of the molecule is CCc1cc(CC)n(-c2ccc(Cl)cc2C(=N)N)n1. The second-order valence-corrected chi connectivity index (χ2v) is 4.76. The Morgan fingerprint density at radius 3 is 2.63 bits per heavy atom. The lowest BCUT2D eigenvalue weighted by Crippen LogP contribution is -2.16. The Morgan fingerprint density at radius 2 is 2.05 bits per heavy atom. The predicted octanol–water partition coefficient (Wildman–Crippen LogP) is 2.93. The number of amidine groups is 1. The van der Waals surface area contributed by atoms with Crippen molar-refractivity contribution in [1.29, 1.82) is 5.41 Å². The van der Waals surface area contributed by atoms with E-state index >= 15 is 0 Å². The predicted molar refractivity (Wildman–Crippen MR) is 78.3 cm³/mol. The Bertz CT molecular complexity index is 616. The number of hydrogen-bond donors (Lipinski definition) is 2. The molecule has 5 heteroatoms. The van der Waals surface area contributed by atoms with Crippen molar-refractivity contribution in [1.82, 2.24) is 9.78 Å². The summed E-state index contributed by atoms with van der Waals surface area (Å²) in [6.45, 7) is 4.15. The molecule has 0 saturated carbocycles. The summed E-state index contributed by atoms with van der Waals surface area (Å²) in [4.78, 5) is 0. The lowest BCUT2D eigenvalue weighted by atomic mass is 10.1. The number of aromatic nitrogens is 2. The summed E-state index contributed by atoms with van der Waals surface area (Å²) in [6.07, 6.45) is 1.75. The fourth-order valence-electron chi connectivity index (χ4n) is 2.02. The van der Waals surface area contributed by atoms with Gasteiger partial charge in [-0.25, -0.2) is 4.68 Å². The molecule has 3 N–H and O–H groups in total. The zero-order valence-electron chi connectivity index (χ0n) is 11.1. The third kappa shape index (κ3) is 2.63. The van der Waals surface area contributed by atoms with Crippen LogP contribution in [0.3, 0.4) is 0 Å². The van der Waals surface area contributed by atoms with Gasteiger partial charge in [0.05, 0.1) is 11.4 Å². The average molecular weight is 277 g/mol. The number of nitrogens with one attached hydrogen (secondary N) is 1. The lowest BCUT2D eigenvalue weighted by Gasteiger charge is -2.11. The standard InChI is InChI=1S/C14H17ClN4/c1-3-10-8-11(4-2)19(18-10)13-6-5-9(15)7-12(13)14(16)17/h5-8H,3-4H2,1-2H3,(H3,16,17). The van der Waals surface area contributed by atoms with Gasteiger partial charge in [0, 0.05) is 16.3 Å². The third-order valence-corrected chi connectivity index (χ3v) is 3.27. The van der Waals surface area contributed by atoms with Crippen LogP contribution in [0.2, 0.25) is 5.02 Å². The molecule has 0 saturated heterocycles. The van der Waals surface area contributed by atoms with Crippen LogP contribution in [0.15, 0.2) is 24.3 Å². The van der Waals surface area contributed by atoms with Crippen LogP contribution in [0.5, 0.6) is 0 Å². The van der Waals surface area contributed by atoms with Crippen LogP contribution in [0.4, 0.5) is 0 Å². The molecule has 0 aliphatic carbocycles. The zero-order chi connectivity index (χ0) is 14.0. The number of hydrogen-bond acceptors (Lipinski definition) is 2. The van der Waals surface area contributed by atoms with Crippen molar-refractivity contribution in [2.75, 3.05) is 0 Å². The molecular formula is C14H17ClN4. The largest absolute Gasteiger partial charge is 0.384 e. The number of benzene rings is 1. The van der Waals surface area contributed by atoms with Crippen LogP contribution in [0.1, 0.15) is 30.8 Å². The van der Waals surface area contributed by atoms with Crippen LogP contribution in [0.25, 0.3) is 5.69 Å². The van der Waals surface area contributed by atoms with Crippen LogP contribution < -0.4 is 5.73 Å². The van der Waals surface area contributed by atoms with Gasteiger partial charge >= 0.3 is 0 Å². The molecule has 100 valence electrons. The summed E-state index contributed by atoms with van der Waals surface area (Å²) in [5, 5.41) is 12.8. The minimum Gasteiger partial charge on any atom is -0.384 e. The van der Waals surface area contributed by atoms with E-state index in [2.05, 4.69) is 25.0 Å². The molecule has 0 fully saturated rings. The molecule has 2 aromatic rings. The fraction of sp³-hybridized carbons (Fsp3) is 0.286. The molecule has 0 unspecified atom stereocenters. The Hall–Kier alpha value is -1.81. The molecule has 19 heavy (non-hydrogen) atoms. The minimum atomic E-state index is -0.00639. The summed E-state index contributed by atoms with van der Waals surface area (Å²) in [7, 11) is 0. The van der Waals surface area contributed by atoms with Crippen molar-refractivity contribution in [3.8, 4) is 5.69 Å². The normalized spacial score (nSPS) is 10.7.